The number of nitrogens with one attached hydrogen (secondary N) is 1. The highest BCUT2D eigenvalue weighted by Gasteiger charge is 2.50. The molecular formula is C24H30N4O4. The van der Waals surface area contributed by atoms with Crippen LogP contribution in [0, 0.1) is 0 Å². The van der Waals surface area contributed by atoms with Crippen LogP contribution >= 0.6 is 0 Å². The highest BCUT2D eigenvalue weighted by molar-refractivity contribution is 6.12. The van der Waals surface area contributed by atoms with Gasteiger partial charge in [0.2, 0.25) is 5.91 Å². The lowest BCUT2D eigenvalue weighted by molar-refractivity contribution is -0.127. The molecule has 0 unspecified atom stereocenters. The van der Waals surface area contributed by atoms with Gasteiger partial charge in [-0.15, -0.1) is 0 Å². The molecule has 0 bridgehead atoms. The number of amides is 2. The summed E-state index contributed by atoms with van der Waals surface area (Å²) < 4.78 is 6.52. The van der Waals surface area contributed by atoms with Crippen LogP contribution in [0.25, 0.3) is 0 Å². The number of anilines is 1. The van der Waals surface area contributed by atoms with Crippen LogP contribution in [-0.4, -0.2) is 45.8 Å². The van der Waals surface area contributed by atoms with Crippen molar-refractivity contribution >= 4 is 23.5 Å². The van der Waals surface area contributed by atoms with E-state index in [0.717, 1.165) is 31.2 Å². The number of ether oxygens (including phenoxy) is 1. The van der Waals surface area contributed by atoms with Crippen LogP contribution in [0.1, 0.15) is 73.0 Å². The number of esters is 1. The number of para-hydroxylation sites is 1. The molecule has 8 nitrogen and oxygen atoms in total. The van der Waals surface area contributed by atoms with Gasteiger partial charge in [-0.25, -0.2) is 4.79 Å². The van der Waals surface area contributed by atoms with Gasteiger partial charge < -0.3 is 10.1 Å². The average Bonchev–Trinajstić information content (AvgIpc) is 3.44. The summed E-state index contributed by atoms with van der Waals surface area (Å²) in [4.78, 5) is 41.2. The van der Waals surface area contributed by atoms with E-state index in [0.29, 0.717) is 12.1 Å². The van der Waals surface area contributed by atoms with Gasteiger partial charge in [0.05, 0.1) is 13.2 Å². The Balaban J connectivity index is 1.79. The maximum absolute atomic E-state index is 13.8. The molecule has 32 heavy (non-hydrogen) atoms. The van der Waals surface area contributed by atoms with Crippen LogP contribution in [0.2, 0.25) is 0 Å². The summed E-state index contributed by atoms with van der Waals surface area (Å²) in [7, 11) is 0. The number of aromatic nitrogens is 2. The zero-order valence-electron chi connectivity index (χ0n) is 18.9. The Morgan fingerprint density at radius 1 is 1.22 bits per heavy atom. The Kier molecular flexibility index (Phi) is 6.04. The van der Waals surface area contributed by atoms with Gasteiger partial charge in [0, 0.05) is 17.8 Å². The minimum atomic E-state index is -1.20. The van der Waals surface area contributed by atoms with Crippen molar-refractivity contribution < 1.29 is 19.1 Å². The Hall–Kier alpha value is -3.16. The van der Waals surface area contributed by atoms with Crippen molar-refractivity contribution in [3.63, 3.8) is 0 Å². The molecule has 0 radical (unpaired) electrons. The smallest absolute Gasteiger partial charge is 0.358 e. The molecule has 1 aliphatic carbocycles. The zero-order chi connectivity index (χ0) is 22.9. The predicted molar refractivity (Wildman–Crippen MR) is 120 cm³/mol. The van der Waals surface area contributed by atoms with Gasteiger partial charge in [0.1, 0.15) is 11.2 Å². The fourth-order valence-electron chi connectivity index (χ4n) is 4.70. The number of hydrogen-bond acceptors (Lipinski definition) is 5. The number of benzene rings is 1. The summed E-state index contributed by atoms with van der Waals surface area (Å²) in [5.41, 5.74) is 0.814. The molecule has 1 atom stereocenters. The largest absolute Gasteiger partial charge is 0.461 e. The molecule has 2 aliphatic rings. The van der Waals surface area contributed by atoms with Crippen molar-refractivity contribution in [2.75, 3.05) is 11.5 Å². The fraction of sp³-hybridized carbons (Fsp3) is 0.500. The molecule has 4 rings (SSSR count). The van der Waals surface area contributed by atoms with Crippen molar-refractivity contribution in [1.82, 2.24) is 15.1 Å². The molecule has 1 aliphatic heterocycles. The summed E-state index contributed by atoms with van der Waals surface area (Å²) >= 11 is 0. The zero-order valence-corrected chi connectivity index (χ0v) is 18.9. The first-order chi connectivity index (χ1) is 15.4. The minimum absolute atomic E-state index is 0.0689. The second-order valence-electron chi connectivity index (χ2n) is 8.64. The summed E-state index contributed by atoms with van der Waals surface area (Å²) in [5, 5.41) is 7.48. The van der Waals surface area contributed by atoms with Crippen LogP contribution in [-0.2, 0) is 22.5 Å². The van der Waals surface area contributed by atoms with Gasteiger partial charge in [-0.2, -0.15) is 5.10 Å². The number of hydrogen-bond donors (Lipinski definition) is 1. The molecular weight excluding hydrogens is 408 g/mol. The number of carbonyl (C=O) groups is 3. The third-order valence-corrected chi connectivity index (χ3v) is 6.43. The van der Waals surface area contributed by atoms with Crippen molar-refractivity contribution in [3.8, 4) is 0 Å². The van der Waals surface area contributed by atoms with Crippen molar-refractivity contribution in [1.29, 1.82) is 0 Å². The molecule has 0 spiro atoms. The van der Waals surface area contributed by atoms with E-state index in [4.69, 9.17) is 4.74 Å². The van der Waals surface area contributed by atoms with E-state index in [1.54, 1.807) is 18.7 Å². The van der Waals surface area contributed by atoms with Crippen LogP contribution in [0.3, 0.4) is 0 Å². The van der Waals surface area contributed by atoms with Gasteiger partial charge in [-0.3, -0.25) is 19.2 Å². The van der Waals surface area contributed by atoms with E-state index in [2.05, 4.69) is 10.4 Å². The van der Waals surface area contributed by atoms with Gasteiger partial charge in [-0.05, 0) is 44.7 Å². The molecule has 1 aromatic heterocycles. The summed E-state index contributed by atoms with van der Waals surface area (Å²) in [6, 6.07) is 9.20. The second kappa shape index (κ2) is 8.76. The topological polar surface area (TPSA) is 93.5 Å². The van der Waals surface area contributed by atoms with E-state index >= 15 is 0 Å². The van der Waals surface area contributed by atoms with Crippen molar-refractivity contribution in [2.24, 2.45) is 0 Å². The number of carbonyl (C=O) groups excluding carboxylic acids is 3. The van der Waals surface area contributed by atoms with E-state index < -0.39 is 11.5 Å². The third-order valence-electron chi connectivity index (χ3n) is 6.43. The lowest BCUT2D eigenvalue weighted by Gasteiger charge is -2.44. The predicted octanol–water partition coefficient (Wildman–Crippen LogP) is 3.10. The van der Waals surface area contributed by atoms with Crippen molar-refractivity contribution in [2.45, 2.75) is 71.0 Å². The van der Waals surface area contributed by atoms with Crippen LogP contribution in [0.5, 0.6) is 0 Å². The maximum atomic E-state index is 13.8. The first kappa shape index (κ1) is 22.0. The minimum Gasteiger partial charge on any atom is -0.461 e. The SMILES string of the molecule is CCOC(=O)c1cc2n(n1)C[C@@](C)(C(=O)NC1CCCC1)N(c1ccccc1CC)C2=O. The Bertz CT molecular complexity index is 1040. The highest BCUT2D eigenvalue weighted by Crippen LogP contribution is 2.35. The lowest BCUT2D eigenvalue weighted by atomic mass is 9.92. The van der Waals surface area contributed by atoms with E-state index in [1.807, 2.05) is 31.2 Å². The number of nitrogens with zero attached hydrogens (tertiary/aromatic N) is 3. The standard InChI is InChI=1S/C24H30N4O4/c1-4-16-10-6-9-13-19(16)28-21(29)20-14-18(22(30)32-5-2)26-27(20)15-24(28,3)23(31)25-17-11-7-8-12-17/h6,9-10,13-14,17H,4-5,7-8,11-12,15H2,1-3H3,(H,25,31)/t24-/m0/s1. The van der Waals surface area contributed by atoms with E-state index in [9.17, 15) is 14.4 Å². The molecule has 8 heteroatoms. The van der Waals surface area contributed by atoms with Crippen LogP contribution < -0.4 is 10.2 Å². The summed E-state index contributed by atoms with van der Waals surface area (Å²) in [6.45, 7) is 5.87. The molecule has 1 aromatic carbocycles. The first-order valence-electron chi connectivity index (χ1n) is 11.4. The van der Waals surface area contributed by atoms with Gasteiger partial charge in [0.15, 0.2) is 5.69 Å². The molecule has 2 amide bonds. The highest BCUT2D eigenvalue weighted by atomic mass is 16.5. The number of rotatable bonds is 6. The quantitative estimate of drug-likeness (QED) is 0.700. The average molecular weight is 439 g/mol. The van der Waals surface area contributed by atoms with E-state index in [1.165, 1.54) is 10.7 Å². The Morgan fingerprint density at radius 3 is 2.62 bits per heavy atom. The summed E-state index contributed by atoms with van der Waals surface area (Å²) in [6.07, 6.45) is 4.79. The van der Waals surface area contributed by atoms with Gasteiger partial charge in [0.25, 0.3) is 5.91 Å². The molecule has 1 fully saturated rings. The number of aryl methyl sites for hydroxylation is 1. The van der Waals surface area contributed by atoms with Crippen molar-refractivity contribution in [3.05, 3.63) is 47.3 Å². The van der Waals surface area contributed by atoms with E-state index in [-0.39, 0.29) is 42.4 Å². The maximum Gasteiger partial charge on any atom is 0.358 e. The second-order valence-corrected chi connectivity index (χ2v) is 8.64. The molecule has 170 valence electrons. The molecule has 1 saturated carbocycles. The Labute approximate surface area is 187 Å². The van der Waals surface area contributed by atoms with Gasteiger partial charge >= 0.3 is 5.97 Å². The molecule has 2 aromatic rings. The monoisotopic (exact) mass is 438 g/mol. The third kappa shape index (κ3) is 3.78. The summed E-state index contributed by atoms with van der Waals surface area (Å²) in [5.74, 6) is -1.15. The van der Waals surface area contributed by atoms with Crippen LogP contribution in [0.15, 0.2) is 30.3 Å². The normalized spacial score (nSPS) is 20.8. The molecule has 0 saturated heterocycles. The van der Waals surface area contributed by atoms with Gasteiger partial charge in [-0.1, -0.05) is 38.0 Å². The van der Waals surface area contributed by atoms with Crippen LogP contribution in [0.4, 0.5) is 5.69 Å². The molecule has 2 heterocycles. The Morgan fingerprint density at radius 2 is 1.94 bits per heavy atom. The molecule has 1 N–H and O–H groups in total. The lowest BCUT2D eigenvalue weighted by Crippen LogP contribution is -2.65. The first-order valence-corrected chi connectivity index (χ1v) is 11.4. The fourth-order valence-corrected chi connectivity index (χ4v) is 4.70. The number of fused-ring (bicyclic) bond motifs is 1.